The van der Waals surface area contributed by atoms with Crippen LogP contribution in [0, 0.1) is 5.92 Å². The van der Waals surface area contributed by atoms with E-state index in [0.29, 0.717) is 24.5 Å². The minimum Gasteiger partial charge on any atom is -0.475 e. The molecule has 1 atom stereocenters. The van der Waals surface area contributed by atoms with Crippen molar-refractivity contribution in [1.29, 1.82) is 0 Å². The zero-order chi connectivity index (χ0) is 21.1. The molecule has 1 saturated carbocycles. The first kappa shape index (κ1) is 21.9. The van der Waals surface area contributed by atoms with Gasteiger partial charge in [0.15, 0.2) is 0 Å². The Balaban J connectivity index is 0.000000298. The minimum atomic E-state index is -5.08. The van der Waals surface area contributed by atoms with Gasteiger partial charge in [-0.2, -0.15) is 13.2 Å². The number of nitrogens with zero attached hydrogens (tertiary/aromatic N) is 2. The average molecular weight is 432 g/mol. The van der Waals surface area contributed by atoms with Gasteiger partial charge in [0.2, 0.25) is 5.91 Å². The second kappa shape index (κ2) is 8.91. The highest BCUT2D eigenvalue weighted by molar-refractivity contribution is 8.01. The van der Waals surface area contributed by atoms with Crippen molar-refractivity contribution in [3.05, 3.63) is 30.1 Å². The molecule has 0 radical (unpaired) electrons. The normalized spacial score (nSPS) is 22.6. The number of amides is 1. The van der Waals surface area contributed by atoms with E-state index in [1.165, 1.54) is 12.8 Å². The van der Waals surface area contributed by atoms with E-state index in [9.17, 15) is 18.0 Å². The van der Waals surface area contributed by atoms with Gasteiger partial charge in [0.1, 0.15) is 0 Å². The first-order valence-electron chi connectivity index (χ1n) is 9.39. The third-order valence-corrected chi connectivity index (χ3v) is 6.67. The molecule has 2 saturated heterocycles. The van der Waals surface area contributed by atoms with Crippen LogP contribution < -0.4 is 0 Å². The van der Waals surface area contributed by atoms with Crippen LogP contribution in [-0.4, -0.2) is 62.7 Å². The second-order valence-electron chi connectivity index (χ2n) is 7.69. The van der Waals surface area contributed by atoms with Crippen molar-refractivity contribution >= 4 is 23.6 Å². The third-order valence-electron chi connectivity index (χ3n) is 5.10. The maximum atomic E-state index is 12.1. The molecule has 3 heterocycles. The van der Waals surface area contributed by atoms with Crippen LogP contribution in [0.4, 0.5) is 13.2 Å². The Morgan fingerprint density at radius 2 is 2.03 bits per heavy atom. The summed E-state index contributed by atoms with van der Waals surface area (Å²) in [6.07, 6.45) is 3.23. The summed E-state index contributed by atoms with van der Waals surface area (Å²) in [5.74, 6) is -0.651. The molecule has 1 aliphatic carbocycles. The number of alkyl halides is 3. The first-order chi connectivity index (χ1) is 13.7. The van der Waals surface area contributed by atoms with Gasteiger partial charge < -0.3 is 14.7 Å². The molecule has 1 N–H and O–H groups in total. The molecule has 0 bridgehead atoms. The van der Waals surface area contributed by atoms with Crippen LogP contribution in [0.5, 0.6) is 0 Å². The molecule has 6 nitrogen and oxygen atoms in total. The molecule has 3 fully saturated rings. The van der Waals surface area contributed by atoms with Gasteiger partial charge in [0.25, 0.3) is 0 Å². The number of aliphatic carboxylic acids is 1. The van der Waals surface area contributed by atoms with Gasteiger partial charge in [-0.3, -0.25) is 9.78 Å². The van der Waals surface area contributed by atoms with Gasteiger partial charge in [0.05, 0.1) is 17.5 Å². The molecule has 1 aromatic heterocycles. The van der Waals surface area contributed by atoms with Gasteiger partial charge in [-0.05, 0) is 36.8 Å². The lowest BCUT2D eigenvalue weighted by Gasteiger charge is -2.47. The summed E-state index contributed by atoms with van der Waals surface area (Å²) in [7, 11) is 0. The Labute approximate surface area is 170 Å². The summed E-state index contributed by atoms with van der Waals surface area (Å²) in [4.78, 5) is 27.1. The lowest BCUT2D eigenvalue weighted by molar-refractivity contribution is -0.192. The van der Waals surface area contributed by atoms with Crippen molar-refractivity contribution in [2.75, 3.05) is 18.8 Å². The summed E-state index contributed by atoms with van der Waals surface area (Å²) < 4.78 is 38.0. The van der Waals surface area contributed by atoms with Crippen LogP contribution >= 0.6 is 11.8 Å². The van der Waals surface area contributed by atoms with E-state index in [-0.39, 0.29) is 4.75 Å². The number of carboxylic acids is 1. The van der Waals surface area contributed by atoms with Gasteiger partial charge >= 0.3 is 12.1 Å². The number of aromatic nitrogens is 1. The van der Waals surface area contributed by atoms with Crippen molar-refractivity contribution in [2.45, 2.75) is 49.3 Å². The number of thioether (sulfide) groups is 1. The fourth-order valence-corrected chi connectivity index (χ4v) is 4.90. The standard InChI is InChI=1S/C17H22N2O2S.C2HF3O2/c20-16(6-13-3-4-13)19-11-17(12-19)7-15(10-22-17)21-9-14-2-1-5-18-8-14;3-2(4,5)1(6)7/h1-2,5,8,13,15H,3-4,6-7,9-12H2;(H,6,7). The number of carbonyl (C=O) groups is 2. The van der Waals surface area contributed by atoms with Crippen LogP contribution in [0.3, 0.4) is 0 Å². The lowest BCUT2D eigenvalue weighted by atomic mass is 9.92. The molecule has 1 aromatic rings. The summed E-state index contributed by atoms with van der Waals surface area (Å²) in [6.45, 7) is 2.49. The van der Waals surface area contributed by atoms with Crippen molar-refractivity contribution in [1.82, 2.24) is 9.88 Å². The van der Waals surface area contributed by atoms with Crippen LogP contribution in [-0.2, 0) is 20.9 Å². The smallest absolute Gasteiger partial charge is 0.475 e. The SMILES string of the molecule is O=C(CC1CC1)N1CC2(CC(OCc3cccnc3)CS2)C1.O=C(O)C(F)(F)F. The monoisotopic (exact) mass is 432 g/mol. The molecule has 29 heavy (non-hydrogen) atoms. The summed E-state index contributed by atoms with van der Waals surface area (Å²) in [5.41, 5.74) is 1.13. The molecular formula is C19H23F3N2O4S. The maximum Gasteiger partial charge on any atom is 0.490 e. The van der Waals surface area contributed by atoms with E-state index in [1.54, 1.807) is 6.20 Å². The number of hydrogen-bond acceptors (Lipinski definition) is 5. The molecule has 2 aliphatic heterocycles. The molecule has 1 unspecified atom stereocenters. The van der Waals surface area contributed by atoms with Crippen LogP contribution in [0.2, 0.25) is 0 Å². The van der Waals surface area contributed by atoms with Crippen molar-refractivity contribution in [3.63, 3.8) is 0 Å². The lowest BCUT2D eigenvalue weighted by Crippen LogP contribution is -2.60. The maximum absolute atomic E-state index is 12.1. The fourth-order valence-electron chi connectivity index (χ4n) is 3.35. The molecule has 10 heteroatoms. The van der Waals surface area contributed by atoms with Gasteiger partial charge in [0, 0.05) is 37.7 Å². The number of ether oxygens (including phenoxy) is 1. The Bertz CT molecular complexity index is 722. The largest absolute Gasteiger partial charge is 0.490 e. The van der Waals surface area contributed by atoms with E-state index in [4.69, 9.17) is 14.6 Å². The number of likely N-dealkylation sites (tertiary alicyclic amines) is 1. The Morgan fingerprint density at radius 3 is 2.59 bits per heavy atom. The van der Waals surface area contributed by atoms with E-state index in [0.717, 1.165) is 37.2 Å². The fraction of sp³-hybridized carbons (Fsp3) is 0.632. The molecule has 1 spiro atoms. The Morgan fingerprint density at radius 1 is 1.34 bits per heavy atom. The number of halogens is 3. The second-order valence-corrected chi connectivity index (χ2v) is 9.18. The number of hydrogen-bond donors (Lipinski definition) is 1. The van der Waals surface area contributed by atoms with Crippen molar-refractivity contribution in [3.8, 4) is 0 Å². The van der Waals surface area contributed by atoms with Crippen molar-refractivity contribution in [2.24, 2.45) is 5.92 Å². The van der Waals surface area contributed by atoms with E-state index < -0.39 is 12.1 Å². The number of carbonyl (C=O) groups excluding carboxylic acids is 1. The van der Waals surface area contributed by atoms with Crippen LogP contribution in [0.1, 0.15) is 31.2 Å². The van der Waals surface area contributed by atoms with E-state index in [2.05, 4.69) is 9.88 Å². The molecule has 160 valence electrons. The number of carboxylic acid groups (broad SMARTS) is 1. The highest BCUT2D eigenvalue weighted by Gasteiger charge is 2.51. The zero-order valence-corrected chi connectivity index (χ0v) is 16.5. The highest BCUT2D eigenvalue weighted by atomic mass is 32.2. The van der Waals surface area contributed by atoms with Gasteiger partial charge in [-0.25, -0.2) is 4.79 Å². The quantitative estimate of drug-likeness (QED) is 0.770. The summed E-state index contributed by atoms with van der Waals surface area (Å²) >= 11 is 2.00. The van der Waals surface area contributed by atoms with E-state index in [1.807, 2.05) is 30.1 Å². The third kappa shape index (κ3) is 6.33. The first-order valence-corrected chi connectivity index (χ1v) is 10.4. The summed E-state index contributed by atoms with van der Waals surface area (Å²) in [5, 5.41) is 7.12. The number of rotatable bonds is 5. The topological polar surface area (TPSA) is 79.7 Å². The summed E-state index contributed by atoms with van der Waals surface area (Å²) in [6, 6.07) is 3.99. The highest BCUT2D eigenvalue weighted by Crippen LogP contribution is 2.47. The van der Waals surface area contributed by atoms with Crippen LogP contribution in [0.25, 0.3) is 0 Å². The zero-order valence-electron chi connectivity index (χ0n) is 15.7. The number of pyridine rings is 1. The van der Waals surface area contributed by atoms with Gasteiger partial charge in [-0.15, -0.1) is 11.8 Å². The molecule has 3 aliphatic rings. The minimum absolute atomic E-state index is 0.277. The average Bonchev–Trinajstić information content (AvgIpc) is 3.34. The Kier molecular flexibility index (Phi) is 6.72. The predicted molar refractivity (Wildman–Crippen MR) is 100 cm³/mol. The molecule has 1 amide bonds. The van der Waals surface area contributed by atoms with Gasteiger partial charge in [-0.1, -0.05) is 6.07 Å². The predicted octanol–water partition coefficient (Wildman–Crippen LogP) is 3.12. The Hall–Kier alpha value is -1.81. The molecule has 0 aromatic carbocycles. The van der Waals surface area contributed by atoms with Crippen molar-refractivity contribution < 1.29 is 32.6 Å². The van der Waals surface area contributed by atoms with E-state index >= 15 is 0 Å². The molecule has 4 rings (SSSR count). The van der Waals surface area contributed by atoms with Crippen LogP contribution in [0.15, 0.2) is 24.5 Å². The molecular weight excluding hydrogens is 409 g/mol.